The molecular weight excluding hydrogens is 448 g/mol. The van der Waals surface area contributed by atoms with Gasteiger partial charge in [0.1, 0.15) is 11.4 Å². The minimum Gasteiger partial charge on any atom is -0.465 e. The molecule has 0 atom stereocenters. The Kier molecular flexibility index (Phi) is 7.40. The number of nitro groups is 1. The van der Waals surface area contributed by atoms with Crippen molar-refractivity contribution in [3.8, 4) is 0 Å². The van der Waals surface area contributed by atoms with Gasteiger partial charge < -0.3 is 20.3 Å². The van der Waals surface area contributed by atoms with Crippen LogP contribution in [-0.4, -0.2) is 54.1 Å². The highest BCUT2D eigenvalue weighted by molar-refractivity contribution is 5.94. The van der Waals surface area contributed by atoms with Gasteiger partial charge in [0.2, 0.25) is 5.95 Å². The molecule has 10 nitrogen and oxygen atoms in total. The molecule has 1 aliphatic rings. The first-order valence-corrected chi connectivity index (χ1v) is 11.7. The maximum Gasteiger partial charge on any atom is 0.344 e. The lowest BCUT2D eigenvalue weighted by Gasteiger charge is -2.30. The van der Waals surface area contributed by atoms with Crippen LogP contribution < -0.4 is 15.5 Å². The van der Waals surface area contributed by atoms with Crippen molar-refractivity contribution >= 4 is 34.3 Å². The molecule has 2 aromatic carbocycles. The minimum absolute atomic E-state index is 0.0406. The summed E-state index contributed by atoms with van der Waals surface area (Å²) in [6.07, 6.45) is 3.86. The van der Waals surface area contributed by atoms with Crippen molar-refractivity contribution in [1.82, 2.24) is 15.3 Å². The molecule has 0 unspecified atom stereocenters. The number of hydrogen-bond acceptors (Lipinski definition) is 9. The lowest BCUT2D eigenvalue weighted by molar-refractivity contribution is -0.385. The van der Waals surface area contributed by atoms with E-state index in [1.807, 2.05) is 43.3 Å². The van der Waals surface area contributed by atoms with E-state index < -0.39 is 10.9 Å². The van der Waals surface area contributed by atoms with Gasteiger partial charge in [-0.3, -0.25) is 10.1 Å². The van der Waals surface area contributed by atoms with Gasteiger partial charge in [0.15, 0.2) is 0 Å². The molecular formula is C25H30N6O4. The van der Waals surface area contributed by atoms with E-state index in [1.54, 1.807) is 6.07 Å². The Hall–Kier alpha value is -3.79. The number of ether oxygens (including phenoxy) is 1. The fourth-order valence-electron chi connectivity index (χ4n) is 4.47. The molecule has 10 heteroatoms. The topological polar surface area (TPSA) is 123 Å². The van der Waals surface area contributed by atoms with Crippen LogP contribution in [-0.2, 0) is 11.3 Å². The summed E-state index contributed by atoms with van der Waals surface area (Å²) in [4.78, 5) is 34.0. The number of carbonyl (C=O) groups excluding carboxylic acids is 1. The van der Waals surface area contributed by atoms with E-state index >= 15 is 0 Å². The number of rotatable bonds is 8. The number of aromatic nitrogens is 2. The molecule has 0 bridgehead atoms. The van der Waals surface area contributed by atoms with Crippen LogP contribution in [0.5, 0.6) is 0 Å². The predicted octanol–water partition coefficient (Wildman–Crippen LogP) is 3.90. The van der Waals surface area contributed by atoms with Crippen molar-refractivity contribution in [1.29, 1.82) is 0 Å². The van der Waals surface area contributed by atoms with Crippen molar-refractivity contribution in [2.75, 3.05) is 31.4 Å². The molecule has 1 aliphatic carbocycles. The van der Waals surface area contributed by atoms with Crippen LogP contribution in [0.1, 0.15) is 41.6 Å². The molecule has 1 fully saturated rings. The Morgan fingerprint density at radius 2 is 1.83 bits per heavy atom. The Labute approximate surface area is 203 Å². The normalized spacial score (nSPS) is 17.7. The zero-order valence-electron chi connectivity index (χ0n) is 20.2. The fourth-order valence-corrected chi connectivity index (χ4v) is 4.47. The summed E-state index contributed by atoms with van der Waals surface area (Å²) in [5, 5.41) is 19.4. The van der Waals surface area contributed by atoms with Crippen molar-refractivity contribution in [2.45, 2.75) is 44.3 Å². The lowest BCUT2D eigenvalue weighted by Crippen LogP contribution is -2.37. The summed E-state index contributed by atoms with van der Waals surface area (Å²) >= 11 is 0. The van der Waals surface area contributed by atoms with Crippen molar-refractivity contribution in [3.63, 3.8) is 0 Å². The first-order valence-electron chi connectivity index (χ1n) is 11.7. The third-order valence-electron chi connectivity index (χ3n) is 6.33. The molecule has 4 rings (SSSR count). The van der Waals surface area contributed by atoms with Gasteiger partial charge in [-0.05, 0) is 49.4 Å². The van der Waals surface area contributed by atoms with Crippen molar-refractivity contribution in [2.24, 2.45) is 0 Å². The van der Waals surface area contributed by atoms with Gasteiger partial charge in [-0.25, -0.2) is 9.78 Å². The summed E-state index contributed by atoms with van der Waals surface area (Å²) in [5.74, 6) is 0.817. The number of carbonyl (C=O) groups is 1. The number of nitro benzene ring substituents is 1. The van der Waals surface area contributed by atoms with E-state index in [2.05, 4.69) is 15.4 Å². The number of para-hydroxylation sites is 1. The molecule has 2 N–H and O–H groups in total. The third kappa shape index (κ3) is 5.65. The molecule has 35 heavy (non-hydrogen) atoms. The van der Waals surface area contributed by atoms with Crippen LogP contribution in [0.15, 0.2) is 42.5 Å². The number of benzene rings is 2. The van der Waals surface area contributed by atoms with Crippen LogP contribution in [0, 0.1) is 10.1 Å². The largest absolute Gasteiger partial charge is 0.465 e. The summed E-state index contributed by atoms with van der Waals surface area (Å²) < 4.78 is 4.64. The molecule has 1 saturated carbocycles. The maximum absolute atomic E-state index is 11.8. The molecule has 0 aliphatic heterocycles. The van der Waals surface area contributed by atoms with E-state index in [4.69, 9.17) is 9.97 Å². The number of methoxy groups -OCH3 is 1. The number of nitrogens with zero attached hydrogens (tertiary/aromatic N) is 4. The first-order chi connectivity index (χ1) is 16.9. The quantitative estimate of drug-likeness (QED) is 0.282. The number of nitrogens with one attached hydrogen (secondary N) is 2. The second kappa shape index (κ2) is 10.6. The first kappa shape index (κ1) is 24.3. The van der Waals surface area contributed by atoms with Crippen LogP contribution in [0.25, 0.3) is 10.9 Å². The highest BCUT2D eigenvalue weighted by Crippen LogP contribution is 2.27. The summed E-state index contributed by atoms with van der Waals surface area (Å²) in [5.41, 5.74) is 1.39. The van der Waals surface area contributed by atoms with Crippen molar-refractivity contribution < 1.29 is 14.5 Å². The maximum atomic E-state index is 11.8. The van der Waals surface area contributed by atoms with Gasteiger partial charge in [0, 0.05) is 44.2 Å². The average molecular weight is 479 g/mol. The van der Waals surface area contributed by atoms with Crippen LogP contribution in [0.2, 0.25) is 0 Å². The Morgan fingerprint density at radius 3 is 2.51 bits per heavy atom. The number of fused-ring (bicyclic) bond motifs is 1. The Bertz CT molecular complexity index is 1220. The van der Waals surface area contributed by atoms with E-state index in [0.717, 1.165) is 48.0 Å². The summed E-state index contributed by atoms with van der Waals surface area (Å²) in [6, 6.07) is 13.2. The van der Waals surface area contributed by atoms with E-state index in [1.165, 1.54) is 19.2 Å². The smallest absolute Gasteiger partial charge is 0.344 e. The minimum atomic E-state index is -0.713. The number of hydrogen-bond donors (Lipinski definition) is 2. The summed E-state index contributed by atoms with van der Waals surface area (Å²) in [7, 11) is 5.17. The molecule has 184 valence electrons. The number of esters is 1. The lowest BCUT2D eigenvalue weighted by atomic mass is 9.91. The van der Waals surface area contributed by atoms with Crippen LogP contribution in [0.3, 0.4) is 0 Å². The van der Waals surface area contributed by atoms with Gasteiger partial charge in [-0.1, -0.05) is 18.2 Å². The van der Waals surface area contributed by atoms with Gasteiger partial charge in [-0.2, -0.15) is 4.98 Å². The molecule has 0 radical (unpaired) electrons. The molecule has 0 amide bonds. The molecule has 1 heterocycles. The molecule has 0 spiro atoms. The predicted molar refractivity (Wildman–Crippen MR) is 135 cm³/mol. The highest BCUT2D eigenvalue weighted by atomic mass is 16.6. The second-order valence-electron chi connectivity index (χ2n) is 8.96. The zero-order valence-corrected chi connectivity index (χ0v) is 20.2. The monoisotopic (exact) mass is 478 g/mol. The zero-order chi connectivity index (χ0) is 24.9. The van der Waals surface area contributed by atoms with E-state index in [9.17, 15) is 14.9 Å². The SMILES string of the molecule is COC(=O)c1ccc(CN[C@H]2CC[C@@H](Nc3nc(N(C)C)c4ccccc4n3)CC2)cc1[N+](=O)[O-]. The standard InChI is InChI=1S/C25H30N6O4/c1-30(2)23-19-6-4-5-7-21(19)28-25(29-23)27-18-11-9-17(10-12-18)26-15-16-8-13-20(24(32)35-3)22(14-16)31(33)34/h4-8,13-14,17-18,26H,9-12,15H2,1-3H3,(H,27,28,29)/t17-,18+. The van der Waals surface area contributed by atoms with Crippen molar-refractivity contribution in [3.05, 3.63) is 63.7 Å². The fraction of sp³-hybridized carbons (Fsp3) is 0.400. The van der Waals surface area contributed by atoms with Gasteiger partial charge in [0.05, 0.1) is 17.5 Å². The molecule has 3 aromatic rings. The number of anilines is 2. The summed E-state index contributed by atoms with van der Waals surface area (Å²) in [6.45, 7) is 0.491. The van der Waals surface area contributed by atoms with Crippen LogP contribution >= 0.6 is 0 Å². The highest BCUT2D eigenvalue weighted by Gasteiger charge is 2.24. The molecule has 1 aromatic heterocycles. The second-order valence-corrected chi connectivity index (χ2v) is 8.96. The van der Waals surface area contributed by atoms with Gasteiger partial charge >= 0.3 is 5.97 Å². The van der Waals surface area contributed by atoms with Gasteiger partial charge in [0.25, 0.3) is 5.69 Å². The Balaban J connectivity index is 1.34. The van der Waals surface area contributed by atoms with Gasteiger partial charge in [-0.15, -0.1) is 0 Å². The van der Waals surface area contributed by atoms with E-state index in [-0.39, 0.29) is 17.3 Å². The third-order valence-corrected chi connectivity index (χ3v) is 6.33. The van der Waals surface area contributed by atoms with Crippen LogP contribution in [0.4, 0.5) is 17.5 Å². The average Bonchev–Trinajstić information content (AvgIpc) is 2.87. The van der Waals surface area contributed by atoms with E-state index in [0.29, 0.717) is 18.5 Å². The Morgan fingerprint density at radius 1 is 1.11 bits per heavy atom. The molecule has 0 saturated heterocycles.